The van der Waals surface area contributed by atoms with Crippen LogP contribution in [0.15, 0.2) is 0 Å². The van der Waals surface area contributed by atoms with Gasteiger partial charge in [0.2, 0.25) is 0 Å². The van der Waals surface area contributed by atoms with Crippen molar-refractivity contribution < 1.29 is 77.9 Å². The van der Waals surface area contributed by atoms with Crippen LogP contribution in [0.4, 0.5) is 0 Å². The van der Waals surface area contributed by atoms with E-state index < -0.39 is 0 Å². The van der Waals surface area contributed by atoms with E-state index in [4.69, 9.17) is 5.73 Å². The average molecular weight is 372 g/mol. The molecule has 0 amide bonds. The van der Waals surface area contributed by atoms with Gasteiger partial charge in [0.25, 0.3) is 0 Å². The standard InChI is InChI=1S/C4H10N2O2.4Cu/c1-4(7)8-6-3-2-5;;;;/h6H,2-3,5H2,1H3;;;;. The first-order valence-corrected chi connectivity index (χ1v) is 2.37. The molecule has 0 saturated heterocycles. The van der Waals surface area contributed by atoms with Crippen LogP contribution in [0.2, 0.25) is 0 Å². The van der Waals surface area contributed by atoms with Gasteiger partial charge in [-0.05, 0) is 0 Å². The van der Waals surface area contributed by atoms with E-state index in [-0.39, 0.29) is 74.2 Å². The number of hydroxylamine groups is 1. The van der Waals surface area contributed by atoms with Crippen LogP contribution >= 0.6 is 0 Å². The Morgan fingerprint density at radius 1 is 1.33 bits per heavy atom. The van der Waals surface area contributed by atoms with Crippen molar-refractivity contribution in [3.8, 4) is 0 Å². The van der Waals surface area contributed by atoms with Crippen LogP contribution in [0.25, 0.3) is 0 Å². The smallest absolute Gasteiger partial charge is 0.321 e. The molecule has 92 valence electrons. The molecule has 4 nitrogen and oxygen atoms in total. The van der Waals surface area contributed by atoms with Crippen molar-refractivity contribution in [1.29, 1.82) is 0 Å². The average Bonchev–Trinajstić information content (AvgIpc) is 1.66. The van der Waals surface area contributed by atoms with E-state index in [9.17, 15) is 4.79 Å². The molecule has 0 spiro atoms. The molecular weight excluding hydrogens is 362 g/mol. The third kappa shape index (κ3) is 30.0. The van der Waals surface area contributed by atoms with E-state index in [2.05, 4.69) is 10.3 Å². The predicted molar refractivity (Wildman–Crippen MR) is 28.8 cm³/mol. The summed E-state index contributed by atoms with van der Waals surface area (Å²) in [5.74, 6) is -0.349. The van der Waals surface area contributed by atoms with Gasteiger partial charge < -0.3 is 10.6 Å². The SMILES string of the molecule is CC(=O)ONCCN.[Cu].[Cu].[Cu].[Cu]. The van der Waals surface area contributed by atoms with Crippen molar-refractivity contribution in [3.63, 3.8) is 0 Å². The molecule has 0 fully saturated rings. The van der Waals surface area contributed by atoms with E-state index in [1.807, 2.05) is 0 Å². The van der Waals surface area contributed by atoms with Crippen molar-refractivity contribution >= 4 is 5.97 Å². The van der Waals surface area contributed by atoms with Gasteiger partial charge in [0.15, 0.2) is 0 Å². The maximum atomic E-state index is 9.99. The van der Waals surface area contributed by atoms with E-state index in [1.165, 1.54) is 6.92 Å². The van der Waals surface area contributed by atoms with Crippen LogP contribution in [0.3, 0.4) is 0 Å². The summed E-state index contributed by atoms with van der Waals surface area (Å²) in [7, 11) is 0. The van der Waals surface area contributed by atoms with Gasteiger partial charge in [-0.2, -0.15) is 5.48 Å². The number of nitrogens with one attached hydrogen (secondary N) is 1. The van der Waals surface area contributed by atoms with Gasteiger partial charge >= 0.3 is 5.97 Å². The number of carbonyl (C=O) groups is 1. The summed E-state index contributed by atoms with van der Waals surface area (Å²) in [6.07, 6.45) is 0. The van der Waals surface area contributed by atoms with Crippen LogP contribution in [-0.2, 0) is 77.9 Å². The molecule has 0 aromatic heterocycles. The summed E-state index contributed by atoms with van der Waals surface area (Å²) in [6.45, 7) is 2.29. The fourth-order valence-electron chi connectivity index (χ4n) is 0.212. The molecule has 0 aromatic rings. The minimum absolute atomic E-state index is 0. The minimum Gasteiger partial charge on any atom is -0.371 e. The van der Waals surface area contributed by atoms with Gasteiger partial charge in [-0.25, -0.2) is 0 Å². The predicted octanol–water partition coefficient (Wildman–Crippen LogP) is -0.997. The van der Waals surface area contributed by atoms with Crippen LogP contribution < -0.4 is 11.2 Å². The summed E-state index contributed by atoms with van der Waals surface area (Å²) in [4.78, 5) is 14.3. The quantitative estimate of drug-likeness (QED) is 0.379. The van der Waals surface area contributed by atoms with Gasteiger partial charge in [-0.3, -0.25) is 4.79 Å². The molecule has 4 radical (unpaired) electrons. The van der Waals surface area contributed by atoms with Gasteiger partial charge in [0, 0.05) is 88.3 Å². The number of carbonyl (C=O) groups excluding carboxylic acids is 1. The number of nitrogens with two attached hydrogens (primary N) is 1. The molecule has 0 saturated carbocycles. The zero-order valence-corrected chi connectivity index (χ0v) is 9.78. The molecule has 0 aliphatic carbocycles. The molecule has 0 unspecified atom stereocenters. The minimum atomic E-state index is -0.349. The Bertz CT molecular complexity index is 85.5. The molecule has 3 N–H and O–H groups in total. The maximum Gasteiger partial charge on any atom is 0.321 e. The monoisotopic (exact) mass is 370 g/mol. The first-order chi connectivity index (χ1) is 3.77. The van der Waals surface area contributed by atoms with Gasteiger partial charge in [0.1, 0.15) is 0 Å². The third-order valence-corrected chi connectivity index (χ3v) is 0.462. The first kappa shape index (κ1) is 29.2. The molecule has 0 atom stereocenters. The maximum absolute atomic E-state index is 9.99. The molecule has 12 heavy (non-hydrogen) atoms. The van der Waals surface area contributed by atoms with Crippen molar-refractivity contribution in [1.82, 2.24) is 5.48 Å². The third-order valence-electron chi connectivity index (χ3n) is 0.462. The summed E-state index contributed by atoms with van der Waals surface area (Å²) in [6, 6.07) is 0. The Hall–Kier alpha value is 1.47. The van der Waals surface area contributed by atoms with Crippen molar-refractivity contribution in [2.24, 2.45) is 5.73 Å². The Kier molecular flexibility index (Phi) is 55.6. The molecule has 0 bridgehead atoms. The zero-order valence-electron chi connectivity index (χ0n) is 6.01. The number of rotatable bonds is 3. The van der Waals surface area contributed by atoms with Crippen LogP contribution in [0.1, 0.15) is 6.92 Å². The summed E-state index contributed by atoms with van der Waals surface area (Å²) < 4.78 is 0. The molecule has 0 aromatic carbocycles. The van der Waals surface area contributed by atoms with Crippen LogP contribution in [0.5, 0.6) is 0 Å². The van der Waals surface area contributed by atoms with Crippen molar-refractivity contribution in [3.05, 3.63) is 0 Å². The van der Waals surface area contributed by atoms with Crippen LogP contribution in [-0.4, -0.2) is 19.1 Å². The molecular formula is C4H10Cu4N2O2. The van der Waals surface area contributed by atoms with E-state index in [0.29, 0.717) is 13.1 Å². The van der Waals surface area contributed by atoms with Gasteiger partial charge in [0.05, 0.1) is 0 Å². The summed E-state index contributed by atoms with van der Waals surface area (Å²) >= 11 is 0. The number of hydrogen-bond donors (Lipinski definition) is 2. The van der Waals surface area contributed by atoms with E-state index >= 15 is 0 Å². The molecule has 0 heterocycles. The second-order valence-corrected chi connectivity index (χ2v) is 1.28. The number of hydrogen-bond acceptors (Lipinski definition) is 4. The molecule has 8 heteroatoms. The Morgan fingerprint density at radius 3 is 2.00 bits per heavy atom. The second kappa shape index (κ2) is 22.9. The molecule has 0 aliphatic heterocycles. The fraction of sp³-hybridized carbons (Fsp3) is 0.750. The van der Waals surface area contributed by atoms with Gasteiger partial charge in [-0.1, -0.05) is 0 Å². The fourth-order valence-corrected chi connectivity index (χ4v) is 0.212. The van der Waals surface area contributed by atoms with Crippen molar-refractivity contribution in [2.75, 3.05) is 13.1 Å². The molecule has 0 rings (SSSR count). The first-order valence-electron chi connectivity index (χ1n) is 2.37. The van der Waals surface area contributed by atoms with Crippen LogP contribution in [0, 0.1) is 0 Å². The largest absolute Gasteiger partial charge is 0.371 e. The van der Waals surface area contributed by atoms with Gasteiger partial charge in [-0.15, -0.1) is 0 Å². The Balaban J connectivity index is -0.0000000408. The second-order valence-electron chi connectivity index (χ2n) is 1.28. The van der Waals surface area contributed by atoms with Crippen molar-refractivity contribution in [2.45, 2.75) is 6.92 Å². The van der Waals surface area contributed by atoms with E-state index in [0.717, 1.165) is 0 Å². The topological polar surface area (TPSA) is 64.3 Å². The normalized spacial score (nSPS) is 5.83. The Labute approximate surface area is 114 Å². The summed E-state index contributed by atoms with van der Waals surface area (Å²) in [5.41, 5.74) is 7.42. The summed E-state index contributed by atoms with van der Waals surface area (Å²) in [5, 5.41) is 0. The Morgan fingerprint density at radius 2 is 1.75 bits per heavy atom. The molecule has 0 aliphatic rings. The zero-order chi connectivity index (χ0) is 6.41. The van der Waals surface area contributed by atoms with E-state index in [1.54, 1.807) is 0 Å².